The molecule has 0 aliphatic carbocycles. The Labute approximate surface area is 168 Å². The maximum atomic E-state index is 10.7. The fraction of sp³-hybridized carbons (Fsp3) is 0.409. The van der Waals surface area contributed by atoms with Crippen LogP contribution in [0.4, 0.5) is 0 Å². The minimum absolute atomic E-state index is 0.0666. The molecule has 0 aliphatic rings. The van der Waals surface area contributed by atoms with Crippen LogP contribution in [0.3, 0.4) is 0 Å². The van der Waals surface area contributed by atoms with E-state index in [1.165, 1.54) is 25.0 Å². The molecule has 2 aromatic carbocycles. The highest BCUT2D eigenvalue weighted by atomic mass is 32.2. The topological polar surface area (TPSA) is 80.7 Å². The predicted octanol–water partition coefficient (Wildman–Crippen LogP) is 5.36. The molecule has 2 unspecified atom stereocenters. The average Bonchev–Trinajstić information content (AvgIpc) is 2.68. The van der Waals surface area contributed by atoms with Crippen molar-refractivity contribution in [2.75, 3.05) is 0 Å². The van der Waals surface area contributed by atoms with Crippen molar-refractivity contribution in [2.45, 2.75) is 57.5 Å². The van der Waals surface area contributed by atoms with Crippen LogP contribution in [-0.4, -0.2) is 19.4 Å². The van der Waals surface area contributed by atoms with Crippen molar-refractivity contribution in [3.63, 3.8) is 0 Å². The molecule has 0 aromatic heterocycles. The number of carbonyl (C=O) groups is 1. The van der Waals surface area contributed by atoms with E-state index >= 15 is 0 Å². The second-order valence-electron chi connectivity index (χ2n) is 6.66. The fourth-order valence-corrected chi connectivity index (χ4v) is 3.39. The largest absolute Gasteiger partial charge is 0.459 e. The van der Waals surface area contributed by atoms with E-state index in [1.807, 2.05) is 37.3 Å². The van der Waals surface area contributed by atoms with Crippen molar-refractivity contribution in [3.8, 4) is 0 Å². The van der Waals surface area contributed by atoms with Crippen molar-refractivity contribution in [1.29, 1.82) is 0 Å². The molecule has 0 radical (unpaired) electrons. The van der Waals surface area contributed by atoms with Gasteiger partial charge in [-0.25, -0.2) is 0 Å². The maximum absolute atomic E-state index is 10.7. The van der Waals surface area contributed by atoms with Crippen LogP contribution in [-0.2, 0) is 19.6 Å². The Hall–Kier alpha value is -2.18. The maximum Gasteiger partial charge on any atom is 0.294 e. The number of unbranched alkanes of at least 4 members (excludes halogenated alkanes) is 1. The number of hydrogen-bond acceptors (Lipinski definition) is 4. The normalized spacial score (nSPS) is 13.0. The summed E-state index contributed by atoms with van der Waals surface area (Å²) in [5.41, 5.74) is 2.06. The quantitative estimate of drug-likeness (QED) is 0.448. The first kappa shape index (κ1) is 23.9. The van der Waals surface area contributed by atoms with E-state index in [0.29, 0.717) is 12.4 Å². The lowest BCUT2D eigenvalue weighted by Crippen LogP contribution is -2.15. The van der Waals surface area contributed by atoms with Crippen LogP contribution in [0.5, 0.6) is 0 Å². The van der Waals surface area contributed by atoms with Crippen molar-refractivity contribution in [2.24, 2.45) is 5.92 Å². The van der Waals surface area contributed by atoms with Gasteiger partial charge in [-0.2, -0.15) is 8.42 Å². The Morgan fingerprint density at radius 1 is 1.04 bits per heavy atom. The molecule has 6 heteroatoms. The molecule has 0 bridgehead atoms. The Kier molecular flexibility index (Phi) is 10.5. The lowest BCUT2D eigenvalue weighted by atomic mass is 9.89. The zero-order chi connectivity index (χ0) is 21.0. The van der Waals surface area contributed by atoms with E-state index in [1.54, 1.807) is 12.1 Å². The molecule has 0 saturated carbocycles. The van der Waals surface area contributed by atoms with Gasteiger partial charge >= 0.3 is 0 Å². The molecule has 5 nitrogen and oxygen atoms in total. The van der Waals surface area contributed by atoms with Gasteiger partial charge in [0.15, 0.2) is 0 Å². The summed E-state index contributed by atoms with van der Waals surface area (Å²) >= 11 is 0. The highest BCUT2D eigenvalue weighted by Gasteiger charge is 2.22. The van der Waals surface area contributed by atoms with Gasteiger partial charge in [-0.3, -0.25) is 9.35 Å². The molecule has 0 heterocycles. The Morgan fingerprint density at radius 2 is 1.64 bits per heavy atom. The van der Waals surface area contributed by atoms with E-state index < -0.39 is 10.1 Å². The average molecular weight is 407 g/mol. The van der Waals surface area contributed by atoms with Gasteiger partial charge in [0.25, 0.3) is 16.6 Å². The smallest absolute Gasteiger partial charge is 0.294 e. The summed E-state index contributed by atoms with van der Waals surface area (Å²) in [6.45, 7) is 6.76. The predicted molar refractivity (Wildman–Crippen MR) is 111 cm³/mol. The molecule has 0 aliphatic heterocycles. The number of carbonyl (C=O) groups excluding carboxylic acids is 1. The van der Waals surface area contributed by atoms with Crippen LogP contribution < -0.4 is 0 Å². The highest BCUT2D eigenvalue weighted by Crippen LogP contribution is 2.31. The number of ether oxygens (including phenoxy) is 1. The van der Waals surface area contributed by atoms with E-state index in [-0.39, 0.29) is 11.0 Å². The second kappa shape index (κ2) is 12.3. The minimum Gasteiger partial charge on any atom is -0.459 e. The third kappa shape index (κ3) is 8.23. The number of benzene rings is 2. The first-order valence-corrected chi connectivity index (χ1v) is 11.0. The molecule has 28 heavy (non-hydrogen) atoms. The van der Waals surface area contributed by atoms with Gasteiger partial charge in [0.1, 0.15) is 6.10 Å². The number of rotatable bonds is 9. The van der Waals surface area contributed by atoms with Gasteiger partial charge in [0.05, 0.1) is 4.90 Å². The van der Waals surface area contributed by atoms with Crippen LogP contribution in [0.2, 0.25) is 0 Å². The summed E-state index contributed by atoms with van der Waals surface area (Å²) in [5.74, 6) is 0.419. The third-order valence-electron chi connectivity index (χ3n) is 4.53. The van der Waals surface area contributed by atoms with E-state index in [2.05, 4.69) is 13.8 Å². The van der Waals surface area contributed by atoms with Crippen LogP contribution in [0.1, 0.15) is 56.8 Å². The van der Waals surface area contributed by atoms with Gasteiger partial charge in [0, 0.05) is 0 Å². The molecule has 2 atom stereocenters. The number of aryl methyl sites for hydroxylation is 1. The Bertz CT molecular complexity index is 785. The molecule has 0 spiro atoms. The molecule has 0 fully saturated rings. The van der Waals surface area contributed by atoms with E-state index in [9.17, 15) is 13.2 Å². The summed E-state index contributed by atoms with van der Waals surface area (Å²) in [5, 5.41) is 0. The SMILES string of the molecule is CCCCC(CC)C(OC=O)c1ccccc1.Cc1ccc(S(=O)(=O)O)cc1. The molecule has 0 amide bonds. The van der Waals surface area contributed by atoms with Gasteiger partial charge in [-0.15, -0.1) is 0 Å². The lowest BCUT2D eigenvalue weighted by Gasteiger charge is -2.25. The van der Waals surface area contributed by atoms with E-state index in [4.69, 9.17) is 9.29 Å². The van der Waals surface area contributed by atoms with Crippen molar-refractivity contribution < 1.29 is 22.5 Å². The van der Waals surface area contributed by atoms with Crippen LogP contribution in [0.25, 0.3) is 0 Å². The molecular weight excluding hydrogens is 376 g/mol. The molecule has 2 rings (SSSR count). The van der Waals surface area contributed by atoms with Gasteiger partial charge in [-0.05, 0) is 43.4 Å². The number of hydrogen-bond donors (Lipinski definition) is 1. The van der Waals surface area contributed by atoms with Crippen LogP contribution in [0, 0.1) is 12.8 Å². The summed E-state index contributed by atoms with van der Waals surface area (Å²) in [6, 6.07) is 16.0. The summed E-state index contributed by atoms with van der Waals surface area (Å²) in [4.78, 5) is 10.6. The Balaban J connectivity index is 0.000000307. The third-order valence-corrected chi connectivity index (χ3v) is 5.40. The zero-order valence-electron chi connectivity index (χ0n) is 16.7. The molecular formula is C22H30O5S. The summed E-state index contributed by atoms with van der Waals surface area (Å²) in [6.07, 6.45) is 4.42. The second-order valence-corrected chi connectivity index (χ2v) is 8.08. The van der Waals surface area contributed by atoms with Crippen molar-refractivity contribution in [1.82, 2.24) is 0 Å². The highest BCUT2D eigenvalue weighted by molar-refractivity contribution is 7.85. The molecule has 1 N–H and O–H groups in total. The van der Waals surface area contributed by atoms with Gasteiger partial charge in [-0.1, -0.05) is 74.7 Å². The summed E-state index contributed by atoms with van der Waals surface area (Å²) in [7, 11) is -4.02. The molecule has 2 aromatic rings. The zero-order valence-corrected chi connectivity index (χ0v) is 17.6. The van der Waals surface area contributed by atoms with Crippen molar-refractivity contribution >= 4 is 16.6 Å². The van der Waals surface area contributed by atoms with Crippen molar-refractivity contribution in [3.05, 3.63) is 65.7 Å². The van der Waals surface area contributed by atoms with Gasteiger partial charge in [0.2, 0.25) is 0 Å². The Morgan fingerprint density at radius 3 is 2.11 bits per heavy atom. The minimum atomic E-state index is -4.02. The first-order chi connectivity index (χ1) is 13.3. The molecule has 154 valence electrons. The van der Waals surface area contributed by atoms with Crippen LogP contribution in [0.15, 0.2) is 59.5 Å². The summed E-state index contributed by atoms with van der Waals surface area (Å²) < 4.78 is 34.8. The van der Waals surface area contributed by atoms with E-state index in [0.717, 1.165) is 24.0 Å². The monoisotopic (exact) mass is 406 g/mol. The lowest BCUT2D eigenvalue weighted by molar-refractivity contribution is -0.137. The fourth-order valence-electron chi connectivity index (χ4n) is 2.91. The first-order valence-electron chi connectivity index (χ1n) is 9.51. The molecule has 0 saturated heterocycles. The van der Waals surface area contributed by atoms with Crippen LogP contribution >= 0.6 is 0 Å². The standard InChI is InChI=1S/C15H22O2.C7H8O3S/c1-3-5-9-13(4-2)15(17-12-16)14-10-7-6-8-11-14;1-6-2-4-7(5-3-6)11(8,9)10/h6-8,10-13,15H,3-5,9H2,1-2H3;2-5H,1H3,(H,8,9,10). The van der Waals surface area contributed by atoms with Gasteiger partial charge < -0.3 is 4.74 Å².